The van der Waals surface area contributed by atoms with Gasteiger partial charge in [-0.25, -0.2) is 14.3 Å². The Balaban J connectivity index is 1.34. The second-order valence-corrected chi connectivity index (χ2v) is 7.49. The van der Waals surface area contributed by atoms with Gasteiger partial charge in [-0.3, -0.25) is 10.1 Å². The van der Waals surface area contributed by atoms with E-state index in [-0.39, 0.29) is 24.3 Å². The average molecular weight is 416 g/mol. The van der Waals surface area contributed by atoms with E-state index in [1.807, 2.05) is 51.1 Å². The van der Waals surface area contributed by atoms with Crippen LogP contribution in [0.1, 0.15) is 32.7 Å². The Hall–Kier alpha value is -3.94. The predicted molar refractivity (Wildman–Crippen MR) is 117 cm³/mol. The first-order chi connectivity index (χ1) is 15.0. The summed E-state index contributed by atoms with van der Waals surface area (Å²) in [7, 11) is 0. The Labute approximate surface area is 180 Å². The van der Waals surface area contributed by atoms with Gasteiger partial charge in [0.15, 0.2) is 12.4 Å². The zero-order valence-electron chi connectivity index (χ0n) is 17.7. The normalized spacial score (nSPS) is 10.8. The van der Waals surface area contributed by atoms with Gasteiger partial charge in [-0.15, -0.1) is 5.10 Å². The third kappa shape index (κ3) is 5.16. The van der Waals surface area contributed by atoms with Gasteiger partial charge in [0.05, 0.1) is 6.54 Å². The number of hydrogen-bond donors (Lipinski definition) is 1. The molecule has 0 spiro atoms. The molecule has 2 heterocycles. The van der Waals surface area contributed by atoms with Crippen molar-refractivity contribution < 1.29 is 9.53 Å². The van der Waals surface area contributed by atoms with Crippen molar-refractivity contribution in [2.75, 3.05) is 5.32 Å². The number of ether oxygens (including phenoxy) is 1. The molecule has 158 valence electrons. The summed E-state index contributed by atoms with van der Waals surface area (Å²) >= 11 is 0. The van der Waals surface area contributed by atoms with E-state index in [0.29, 0.717) is 6.54 Å². The Morgan fingerprint density at radius 2 is 1.74 bits per heavy atom. The summed E-state index contributed by atoms with van der Waals surface area (Å²) in [5, 5.41) is 11.3. The van der Waals surface area contributed by atoms with Crippen molar-refractivity contribution in [1.82, 2.24) is 24.5 Å². The summed E-state index contributed by atoms with van der Waals surface area (Å²) in [6.45, 7) is 6.83. The van der Waals surface area contributed by atoms with Crippen molar-refractivity contribution in [1.29, 1.82) is 0 Å². The molecule has 0 bridgehead atoms. The van der Waals surface area contributed by atoms with E-state index in [1.165, 1.54) is 5.56 Å². The quantitative estimate of drug-likeness (QED) is 0.496. The Morgan fingerprint density at radius 1 is 0.968 bits per heavy atom. The monoisotopic (exact) mass is 416 g/mol. The standard InChI is InChI=1S/C23H24N6O2/c1-16-5-8-19(9-6-16)13-29-14-24-23(27-29)25-22(30)20-10-11-28(26-20)15-31-21-12-17(2)4-7-18(21)3/h4-12,14H,13,15H2,1-3H3,(H,25,27,30). The van der Waals surface area contributed by atoms with Crippen molar-refractivity contribution in [3.63, 3.8) is 0 Å². The maximum Gasteiger partial charge on any atom is 0.278 e. The van der Waals surface area contributed by atoms with Crippen LogP contribution in [0.15, 0.2) is 61.1 Å². The number of nitrogens with one attached hydrogen (secondary N) is 1. The number of hydrogen-bond acceptors (Lipinski definition) is 5. The van der Waals surface area contributed by atoms with Gasteiger partial charge in [0, 0.05) is 6.20 Å². The molecule has 0 unspecified atom stereocenters. The Morgan fingerprint density at radius 3 is 2.55 bits per heavy atom. The summed E-state index contributed by atoms with van der Waals surface area (Å²) in [5.41, 5.74) is 4.74. The van der Waals surface area contributed by atoms with Crippen molar-refractivity contribution in [2.24, 2.45) is 0 Å². The molecule has 8 nitrogen and oxygen atoms in total. The molecule has 1 N–H and O–H groups in total. The highest BCUT2D eigenvalue weighted by Gasteiger charge is 2.13. The van der Waals surface area contributed by atoms with Crippen LogP contribution < -0.4 is 10.1 Å². The van der Waals surface area contributed by atoms with Gasteiger partial charge >= 0.3 is 0 Å². The minimum absolute atomic E-state index is 0.209. The van der Waals surface area contributed by atoms with Gasteiger partial charge in [-0.1, -0.05) is 42.0 Å². The van der Waals surface area contributed by atoms with Crippen LogP contribution in [0.4, 0.5) is 5.95 Å². The van der Waals surface area contributed by atoms with Crippen LogP contribution in [0.2, 0.25) is 0 Å². The van der Waals surface area contributed by atoms with Gasteiger partial charge in [0.25, 0.3) is 5.91 Å². The first-order valence-corrected chi connectivity index (χ1v) is 9.96. The fraction of sp³-hybridized carbons (Fsp3) is 0.217. The summed E-state index contributed by atoms with van der Waals surface area (Å²) < 4.78 is 9.07. The molecule has 0 radical (unpaired) electrons. The van der Waals surface area contributed by atoms with Gasteiger partial charge < -0.3 is 4.74 Å². The van der Waals surface area contributed by atoms with Crippen LogP contribution in [-0.2, 0) is 13.3 Å². The second-order valence-electron chi connectivity index (χ2n) is 7.49. The molecule has 0 aliphatic rings. The van der Waals surface area contributed by atoms with Crippen LogP contribution in [0, 0.1) is 20.8 Å². The summed E-state index contributed by atoms with van der Waals surface area (Å²) in [6, 6.07) is 15.8. The van der Waals surface area contributed by atoms with E-state index < -0.39 is 0 Å². The highest BCUT2D eigenvalue weighted by atomic mass is 16.5. The maximum atomic E-state index is 12.5. The third-order valence-corrected chi connectivity index (χ3v) is 4.80. The number of benzene rings is 2. The molecule has 2 aromatic heterocycles. The average Bonchev–Trinajstić information content (AvgIpc) is 3.40. The molecule has 0 aliphatic carbocycles. The van der Waals surface area contributed by atoms with Crippen LogP contribution in [0.5, 0.6) is 5.75 Å². The number of carbonyl (C=O) groups excluding carboxylic acids is 1. The lowest BCUT2D eigenvalue weighted by Gasteiger charge is -2.09. The molecule has 0 fully saturated rings. The third-order valence-electron chi connectivity index (χ3n) is 4.80. The van der Waals surface area contributed by atoms with Gasteiger partial charge in [-0.2, -0.15) is 5.10 Å². The van der Waals surface area contributed by atoms with Gasteiger partial charge in [0.2, 0.25) is 5.95 Å². The molecule has 4 rings (SSSR count). The zero-order chi connectivity index (χ0) is 21.8. The Bertz CT molecular complexity index is 1190. The largest absolute Gasteiger partial charge is 0.471 e. The molecule has 1 amide bonds. The molecular formula is C23H24N6O2. The second kappa shape index (κ2) is 8.83. The summed E-state index contributed by atoms with van der Waals surface area (Å²) in [6.07, 6.45) is 3.29. The molecule has 0 atom stereocenters. The molecule has 4 aromatic rings. The lowest BCUT2D eigenvalue weighted by atomic mass is 10.1. The van der Waals surface area contributed by atoms with Crippen molar-refractivity contribution in [3.05, 3.63) is 89.0 Å². The molecule has 0 aliphatic heterocycles. The molecule has 0 saturated carbocycles. The molecular weight excluding hydrogens is 392 g/mol. The highest BCUT2D eigenvalue weighted by molar-refractivity contribution is 6.01. The smallest absolute Gasteiger partial charge is 0.278 e. The predicted octanol–water partition coefficient (Wildman–Crippen LogP) is 3.74. The number of nitrogens with zero attached hydrogens (tertiary/aromatic N) is 5. The van der Waals surface area contributed by atoms with Crippen LogP contribution in [0.25, 0.3) is 0 Å². The molecule has 31 heavy (non-hydrogen) atoms. The van der Waals surface area contributed by atoms with E-state index in [2.05, 4.69) is 32.6 Å². The highest BCUT2D eigenvalue weighted by Crippen LogP contribution is 2.19. The number of aryl methyl sites for hydroxylation is 3. The van der Waals surface area contributed by atoms with Crippen molar-refractivity contribution in [2.45, 2.75) is 34.0 Å². The van der Waals surface area contributed by atoms with Crippen LogP contribution in [0.3, 0.4) is 0 Å². The van der Waals surface area contributed by atoms with Crippen molar-refractivity contribution in [3.8, 4) is 5.75 Å². The maximum absolute atomic E-state index is 12.5. The zero-order valence-corrected chi connectivity index (χ0v) is 17.7. The first kappa shape index (κ1) is 20.3. The number of carbonyl (C=O) groups is 1. The fourth-order valence-corrected chi connectivity index (χ4v) is 3.03. The van der Waals surface area contributed by atoms with E-state index in [0.717, 1.165) is 22.4 Å². The van der Waals surface area contributed by atoms with Crippen LogP contribution in [-0.4, -0.2) is 30.5 Å². The summed E-state index contributed by atoms with van der Waals surface area (Å²) in [5.74, 6) is 0.654. The molecule has 8 heteroatoms. The van der Waals surface area contributed by atoms with E-state index in [4.69, 9.17) is 4.74 Å². The van der Waals surface area contributed by atoms with E-state index in [1.54, 1.807) is 28.0 Å². The lowest BCUT2D eigenvalue weighted by molar-refractivity contribution is 0.101. The molecule has 2 aromatic carbocycles. The summed E-state index contributed by atoms with van der Waals surface area (Å²) in [4.78, 5) is 16.6. The topological polar surface area (TPSA) is 86.9 Å². The van der Waals surface area contributed by atoms with Gasteiger partial charge in [-0.05, 0) is 49.6 Å². The minimum atomic E-state index is -0.376. The van der Waals surface area contributed by atoms with E-state index >= 15 is 0 Å². The van der Waals surface area contributed by atoms with Gasteiger partial charge in [0.1, 0.15) is 12.1 Å². The first-order valence-electron chi connectivity index (χ1n) is 9.96. The van der Waals surface area contributed by atoms with E-state index in [9.17, 15) is 4.79 Å². The SMILES string of the molecule is Cc1ccc(Cn2cnc(NC(=O)c3ccn(COc4cc(C)ccc4C)n3)n2)cc1. The Kier molecular flexibility index (Phi) is 5.79. The number of anilines is 1. The fourth-order valence-electron chi connectivity index (χ4n) is 3.03. The van der Waals surface area contributed by atoms with Crippen molar-refractivity contribution >= 4 is 11.9 Å². The van der Waals surface area contributed by atoms with Crippen LogP contribution >= 0.6 is 0 Å². The number of amides is 1. The lowest BCUT2D eigenvalue weighted by Crippen LogP contribution is -2.15. The number of aromatic nitrogens is 5. The molecule has 0 saturated heterocycles. The number of rotatable bonds is 7. The minimum Gasteiger partial charge on any atom is -0.471 e.